The number of benzene rings is 3. The van der Waals surface area contributed by atoms with Crippen LogP contribution in [0, 0.1) is 0 Å². The first kappa shape index (κ1) is 25.6. The Morgan fingerprint density at radius 2 is 1.38 bits per heavy atom. The van der Waals surface area contributed by atoms with Gasteiger partial charge in [0, 0.05) is 36.2 Å². The highest BCUT2D eigenvalue weighted by atomic mass is 32.1. The fourth-order valence-corrected chi connectivity index (χ4v) is 4.25. The van der Waals surface area contributed by atoms with E-state index in [0.29, 0.717) is 0 Å². The smallest absolute Gasteiger partial charge is 0.363 e. The first-order chi connectivity index (χ1) is 17.9. The fourth-order valence-electron chi connectivity index (χ4n) is 3.70. The number of nitrogens with zero attached hydrogens (tertiary/aromatic N) is 3. The summed E-state index contributed by atoms with van der Waals surface area (Å²) in [6.07, 6.45) is 0. The topological polar surface area (TPSA) is 107 Å². The summed E-state index contributed by atoms with van der Waals surface area (Å²) in [5.74, 6) is -1.23. The van der Waals surface area contributed by atoms with Gasteiger partial charge in [-0.3, -0.25) is 4.79 Å². The fraction of sp³-hybridized carbons (Fsp3) is 0.143. The molecule has 0 aliphatic heterocycles. The van der Waals surface area contributed by atoms with Crippen LogP contribution in [0.15, 0.2) is 102 Å². The molecule has 0 radical (unpaired) electrons. The number of anilines is 1. The van der Waals surface area contributed by atoms with Gasteiger partial charge in [0.05, 0.1) is 0 Å². The number of oxime groups is 1. The lowest BCUT2D eigenvalue weighted by atomic mass is 9.80. The molecule has 8 nitrogen and oxygen atoms in total. The second-order valence-electron chi connectivity index (χ2n) is 8.25. The number of thiazole rings is 1. The molecule has 0 unspecified atom stereocenters. The average Bonchev–Trinajstić information content (AvgIpc) is 3.36. The van der Waals surface area contributed by atoms with E-state index in [1.54, 1.807) is 19.5 Å². The van der Waals surface area contributed by atoms with E-state index in [4.69, 9.17) is 15.3 Å². The summed E-state index contributed by atoms with van der Waals surface area (Å²) in [7, 11) is 3.15. The van der Waals surface area contributed by atoms with Crippen molar-refractivity contribution in [2.45, 2.75) is 5.60 Å². The van der Waals surface area contributed by atoms with E-state index in [2.05, 4.69) is 10.1 Å². The number of carbonyl (C=O) groups excluding carboxylic acids is 2. The van der Waals surface area contributed by atoms with Crippen LogP contribution in [0.4, 0.5) is 5.13 Å². The van der Waals surface area contributed by atoms with Crippen LogP contribution in [0.1, 0.15) is 22.4 Å². The quantitative estimate of drug-likeness (QED) is 0.156. The highest BCUT2D eigenvalue weighted by molar-refractivity contribution is 7.13. The Bertz CT molecular complexity index is 1280. The van der Waals surface area contributed by atoms with E-state index in [0.717, 1.165) is 28.0 Å². The molecule has 2 N–H and O–H groups in total. The maximum Gasteiger partial charge on any atom is 0.363 e. The van der Waals surface area contributed by atoms with E-state index in [1.165, 1.54) is 4.90 Å². The molecule has 37 heavy (non-hydrogen) atoms. The van der Waals surface area contributed by atoms with Crippen LogP contribution in [0.3, 0.4) is 0 Å². The molecule has 0 saturated carbocycles. The normalized spacial score (nSPS) is 11.6. The van der Waals surface area contributed by atoms with E-state index in [1.807, 2.05) is 91.0 Å². The molecule has 1 aromatic heterocycles. The Hall–Kier alpha value is -4.50. The number of nitrogens with two attached hydrogens (primary N) is 1. The van der Waals surface area contributed by atoms with Gasteiger partial charge in [0.1, 0.15) is 5.69 Å². The first-order valence-electron chi connectivity index (χ1n) is 11.4. The number of likely N-dealkylation sites (N-methyl/N-ethyl adjacent to an activating group) is 1. The predicted molar refractivity (Wildman–Crippen MR) is 143 cm³/mol. The minimum atomic E-state index is -1.21. The van der Waals surface area contributed by atoms with Crippen molar-refractivity contribution in [1.82, 2.24) is 9.88 Å². The van der Waals surface area contributed by atoms with Crippen molar-refractivity contribution in [3.63, 3.8) is 0 Å². The molecule has 0 bridgehead atoms. The van der Waals surface area contributed by atoms with Crippen molar-refractivity contribution in [2.75, 3.05) is 26.4 Å². The molecule has 0 fully saturated rings. The van der Waals surface area contributed by atoms with Crippen molar-refractivity contribution in [1.29, 1.82) is 0 Å². The third-order valence-electron chi connectivity index (χ3n) is 5.60. The lowest BCUT2D eigenvalue weighted by Gasteiger charge is -2.33. The predicted octanol–water partition coefficient (Wildman–Crippen LogP) is 4.07. The second-order valence-corrected chi connectivity index (χ2v) is 9.14. The number of aromatic nitrogens is 1. The van der Waals surface area contributed by atoms with Gasteiger partial charge in [-0.25, -0.2) is 9.78 Å². The van der Waals surface area contributed by atoms with E-state index in [-0.39, 0.29) is 22.4 Å². The van der Waals surface area contributed by atoms with Crippen LogP contribution >= 0.6 is 11.3 Å². The minimum Gasteiger partial charge on any atom is -0.451 e. The van der Waals surface area contributed by atoms with Crippen LogP contribution in [-0.4, -0.2) is 48.2 Å². The molecule has 9 heteroatoms. The SMILES string of the molecule is CN(C)C(=O)COC(=O)C(=NOC(c1ccccc1)(c1ccccc1)c1ccccc1)c1csc(N)n1. The van der Waals surface area contributed by atoms with Gasteiger partial charge in [0.15, 0.2) is 11.7 Å². The van der Waals surface area contributed by atoms with E-state index >= 15 is 0 Å². The molecule has 0 atom stereocenters. The zero-order valence-electron chi connectivity index (χ0n) is 20.4. The summed E-state index contributed by atoms with van der Waals surface area (Å²) < 4.78 is 5.26. The number of hydrogen-bond donors (Lipinski definition) is 1. The molecular formula is C28H26N4O4S. The number of esters is 1. The maximum atomic E-state index is 13.1. The Balaban J connectivity index is 1.85. The highest BCUT2D eigenvalue weighted by Gasteiger charge is 2.40. The number of hydrogen-bond acceptors (Lipinski definition) is 8. The van der Waals surface area contributed by atoms with Crippen LogP contribution in [0.25, 0.3) is 0 Å². The van der Waals surface area contributed by atoms with Gasteiger partial charge in [0.25, 0.3) is 5.91 Å². The molecule has 4 aromatic rings. The summed E-state index contributed by atoms with van der Waals surface area (Å²) in [4.78, 5) is 37.1. The number of carbonyl (C=O) groups is 2. The highest BCUT2D eigenvalue weighted by Crippen LogP contribution is 2.40. The van der Waals surface area contributed by atoms with Gasteiger partial charge in [0.2, 0.25) is 11.3 Å². The van der Waals surface area contributed by atoms with Crippen LogP contribution in [-0.2, 0) is 24.8 Å². The zero-order chi connectivity index (χ0) is 26.3. The summed E-state index contributed by atoms with van der Waals surface area (Å²) in [6, 6.07) is 28.8. The van der Waals surface area contributed by atoms with Crippen molar-refractivity contribution < 1.29 is 19.2 Å². The van der Waals surface area contributed by atoms with E-state index in [9.17, 15) is 9.59 Å². The standard InChI is InChI=1S/C28H26N4O4S/c1-32(2)24(33)18-35-26(34)25(23-19-37-27(29)30-23)31-36-28(20-12-6-3-7-13-20,21-14-8-4-9-15-21)22-16-10-5-11-17-22/h3-17,19H,18H2,1-2H3,(H2,29,30). The van der Waals surface area contributed by atoms with E-state index < -0.39 is 18.2 Å². The monoisotopic (exact) mass is 514 g/mol. The summed E-state index contributed by atoms with van der Waals surface area (Å²) in [6.45, 7) is -0.453. The largest absolute Gasteiger partial charge is 0.451 e. The van der Waals surface area contributed by atoms with Gasteiger partial charge in [-0.1, -0.05) is 96.2 Å². The first-order valence-corrected chi connectivity index (χ1v) is 12.3. The number of nitrogen functional groups attached to an aromatic ring is 1. The van der Waals surface area contributed by atoms with Crippen molar-refractivity contribution in [3.8, 4) is 0 Å². The summed E-state index contributed by atoms with van der Waals surface area (Å²) in [5, 5.41) is 6.17. The van der Waals surface area contributed by atoms with Gasteiger partial charge in [-0.15, -0.1) is 11.3 Å². The molecule has 1 amide bonds. The molecule has 188 valence electrons. The lowest BCUT2D eigenvalue weighted by Crippen LogP contribution is -2.33. The average molecular weight is 515 g/mol. The van der Waals surface area contributed by atoms with Crippen molar-refractivity contribution in [3.05, 3.63) is 119 Å². The molecular weight excluding hydrogens is 488 g/mol. The summed E-state index contributed by atoms with van der Waals surface area (Å²) >= 11 is 1.15. The molecule has 3 aromatic carbocycles. The summed E-state index contributed by atoms with van der Waals surface area (Å²) in [5.41, 5.74) is 6.99. The Morgan fingerprint density at radius 1 is 0.892 bits per heavy atom. The van der Waals surface area contributed by atoms with Gasteiger partial charge < -0.3 is 20.2 Å². The Morgan fingerprint density at radius 3 is 1.78 bits per heavy atom. The van der Waals surface area contributed by atoms with Gasteiger partial charge in [-0.05, 0) is 0 Å². The van der Waals surface area contributed by atoms with Crippen LogP contribution in [0.2, 0.25) is 0 Å². The molecule has 0 aliphatic rings. The Kier molecular flexibility index (Phi) is 7.95. The third-order valence-corrected chi connectivity index (χ3v) is 6.27. The van der Waals surface area contributed by atoms with Gasteiger partial charge in [-0.2, -0.15) is 0 Å². The zero-order valence-corrected chi connectivity index (χ0v) is 21.2. The molecule has 1 heterocycles. The number of amides is 1. The molecule has 0 saturated heterocycles. The van der Waals surface area contributed by atoms with Crippen LogP contribution in [0.5, 0.6) is 0 Å². The van der Waals surface area contributed by atoms with Gasteiger partial charge >= 0.3 is 5.97 Å². The Labute approximate surface area is 219 Å². The molecule has 0 spiro atoms. The second kappa shape index (κ2) is 11.5. The third kappa shape index (κ3) is 5.68. The van der Waals surface area contributed by atoms with Crippen LogP contribution < -0.4 is 5.73 Å². The number of ether oxygens (including phenoxy) is 1. The lowest BCUT2D eigenvalue weighted by molar-refractivity contribution is -0.145. The molecule has 0 aliphatic carbocycles. The van der Waals surface area contributed by atoms with Crippen molar-refractivity contribution in [2.24, 2.45) is 5.16 Å². The minimum absolute atomic E-state index is 0.188. The molecule has 4 rings (SSSR count). The number of rotatable bonds is 9. The van der Waals surface area contributed by atoms with Crippen molar-refractivity contribution >= 4 is 34.1 Å². The maximum absolute atomic E-state index is 13.1.